The van der Waals surface area contributed by atoms with E-state index in [1.165, 1.54) is 12.1 Å². The second kappa shape index (κ2) is 5.01. The van der Waals surface area contributed by atoms with Crippen LogP contribution in [-0.2, 0) is 0 Å². The second-order valence-electron chi connectivity index (χ2n) is 4.63. The molecule has 0 atom stereocenters. The maximum absolute atomic E-state index is 10.8. The lowest BCUT2D eigenvalue weighted by Gasteiger charge is -2.05. The summed E-state index contributed by atoms with van der Waals surface area (Å²) in [6.45, 7) is 5.95. The highest BCUT2D eigenvalue weighted by Gasteiger charge is 2.18. The first kappa shape index (κ1) is 13.5. The first-order valence-corrected chi connectivity index (χ1v) is 6.29. The zero-order valence-electron chi connectivity index (χ0n) is 10.9. The van der Waals surface area contributed by atoms with Crippen molar-refractivity contribution in [2.75, 3.05) is 0 Å². The molecule has 100 valence electrons. The van der Waals surface area contributed by atoms with Gasteiger partial charge in [0, 0.05) is 17.7 Å². The number of rotatable bonds is 3. The van der Waals surface area contributed by atoms with Crippen molar-refractivity contribution in [2.45, 2.75) is 26.7 Å². The Morgan fingerprint density at radius 2 is 2.11 bits per heavy atom. The van der Waals surface area contributed by atoms with E-state index in [0.29, 0.717) is 10.8 Å². The van der Waals surface area contributed by atoms with Crippen molar-refractivity contribution in [3.8, 4) is 5.69 Å². The highest BCUT2D eigenvalue weighted by atomic mass is 35.5. The van der Waals surface area contributed by atoms with Crippen LogP contribution >= 0.6 is 11.6 Å². The van der Waals surface area contributed by atoms with Crippen molar-refractivity contribution < 1.29 is 4.92 Å². The molecule has 0 bridgehead atoms. The minimum absolute atomic E-state index is 0.0211. The number of aryl methyl sites for hydroxylation is 1. The molecule has 6 heteroatoms. The van der Waals surface area contributed by atoms with Crippen molar-refractivity contribution in [1.82, 2.24) is 9.78 Å². The third-order valence-corrected chi connectivity index (χ3v) is 3.27. The number of benzene rings is 1. The van der Waals surface area contributed by atoms with Gasteiger partial charge in [0.05, 0.1) is 16.3 Å². The first-order chi connectivity index (χ1) is 8.91. The summed E-state index contributed by atoms with van der Waals surface area (Å²) in [6, 6.07) is 6.27. The van der Waals surface area contributed by atoms with E-state index < -0.39 is 4.92 Å². The summed E-state index contributed by atoms with van der Waals surface area (Å²) in [6.07, 6.45) is 0. The predicted octanol–water partition coefficient (Wildman–Crippen LogP) is 3.87. The molecule has 2 aromatic rings. The normalized spacial score (nSPS) is 11.0. The van der Waals surface area contributed by atoms with Gasteiger partial charge in [-0.25, -0.2) is 4.68 Å². The van der Waals surface area contributed by atoms with Gasteiger partial charge in [0.2, 0.25) is 0 Å². The molecule has 0 N–H and O–H groups in total. The molecule has 0 aliphatic heterocycles. The lowest BCUT2D eigenvalue weighted by molar-refractivity contribution is -0.384. The maximum Gasteiger partial charge on any atom is 0.271 e. The minimum atomic E-state index is -0.433. The summed E-state index contributed by atoms with van der Waals surface area (Å²) in [5.41, 5.74) is 2.42. The van der Waals surface area contributed by atoms with Crippen molar-refractivity contribution in [3.05, 3.63) is 50.8 Å². The van der Waals surface area contributed by atoms with Gasteiger partial charge in [-0.1, -0.05) is 31.5 Å². The quantitative estimate of drug-likeness (QED) is 0.633. The van der Waals surface area contributed by atoms with Gasteiger partial charge in [-0.2, -0.15) is 5.10 Å². The van der Waals surface area contributed by atoms with Crippen molar-refractivity contribution in [3.63, 3.8) is 0 Å². The molecule has 2 rings (SSSR count). The molecule has 0 fully saturated rings. The molecule has 0 spiro atoms. The zero-order valence-corrected chi connectivity index (χ0v) is 11.7. The van der Waals surface area contributed by atoms with E-state index in [0.717, 1.165) is 11.3 Å². The van der Waals surface area contributed by atoms with Crippen molar-refractivity contribution >= 4 is 17.3 Å². The van der Waals surface area contributed by atoms with Crippen LogP contribution in [0.5, 0.6) is 0 Å². The van der Waals surface area contributed by atoms with Crippen LogP contribution in [0.4, 0.5) is 5.69 Å². The molecule has 0 unspecified atom stereocenters. The van der Waals surface area contributed by atoms with Crippen LogP contribution in [0.25, 0.3) is 5.69 Å². The van der Waals surface area contributed by atoms with Gasteiger partial charge in [-0.05, 0) is 18.9 Å². The predicted molar refractivity (Wildman–Crippen MR) is 74.1 cm³/mol. The Hall–Kier alpha value is -1.88. The average Bonchev–Trinajstić information content (AvgIpc) is 2.65. The average molecular weight is 280 g/mol. The Morgan fingerprint density at radius 3 is 2.63 bits per heavy atom. The Bertz CT molecular complexity index is 635. The summed E-state index contributed by atoms with van der Waals surface area (Å²) in [4.78, 5) is 10.4. The van der Waals surface area contributed by atoms with Crippen molar-refractivity contribution in [1.29, 1.82) is 0 Å². The molecule has 1 heterocycles. The highest BCUT2D eigenvalue weighted by molar-refractivity contribution is 6.30. The Morgan fingerprint density at radius 1 is 1.42 bits per heavy atom. The molecule has 1 aromatic heterocycles. The minimum Gasteiger partial charge on any atom is -0.258 e. The molecule has 0 aliphatic carbocycles. The van der Waals surface area contributed by atoms with E-state index >= 15 is 0 Å². The summed E-state index contributed by atoms with van der Waals surface area (Å²) < 4.78 is 1.54. The van der Waals surface area contributed by atoms with E-state index in [-0.39, 0.29) is 11.6 Å². The Labute approximate surface area is 116 Å². The van der Waals surface area contributed by atoms with Gasteiger partial charge in [0.15, 0.2) is 0 Å². The fraction of sp³-hybridized carbons (Fsp3) is 0.308. The zero-order chi connectivity index (χ0) is 14.2. The smallest absolute Gasteiger partial charge is 0.258 e. The molecule has 19 heavy (non-hydrogen) atoms. The highest BCUT2D eigenvalue weighted by Crippen LogP contribution is 2.30. The number of nitro groups is 1. The number of nitro benzene ring substituents is 1. The van der Waals surface area contributed by atoms with Gasteiger partial charge in [-0.15, -0.1) is 0 Å². The van der Waals surface area contributed by atoms with E-state index in [4.69, 9.17) is 11.6 Å². The van der Waals surface area contributed by atoms with Crippen LogP contribution in [0.3, 0.4) is 0 Å². The third-order valence-electron chi connectivity index (χ3n) is 2.91. The molecular weight excluding hydrogens is 266 g/mol. The number of aromatic nitrogens is 2. The monoisotopic (exact) mass is 279 g/mol. The van der Waals surface area contributed by atoms with Gasteiger partial charge < -0.3 is 0 Å². The van der Waals surface area contributed by atoms with Crippen LogP contribution < -0.4 is 0 Å². The van der Waals surface area contributed by atoms with Crippen LogP contribution in [0.1, 0.15) is 31.0 Å². The molecule has 0 saturated heterocycles. The summed E-state index contributed by atoms with van der Waals surface area (Å²) in [5, 5.41) is 15.7. The standard InChI is InChI=1S/C13H14ClN3O2/c1-8(2)12-9(3)15-16(13(12)14)10-5-4-6-11(7-10)17(18)19/h4-8H,1-3H3. The number of non-ortho nitro benzene ring substituents is 1. The van der Waals surface area contributed by atoms with Gasteiger partial charge in [0.25, 0.3) is 5.69 Å². The van der Waals surface area contributed by atoms with Crippen molar-refractivity contribution in [2.24, 2.45) is 0 Å². The number of hydrogen-bond donors (Lipinski definition) is 0. The summed E-state index contributed by atoms with van der Waals surface area (Å²) >= 11 is 6.32. The van der Waals surface area contributed by atoms with Gasteiger partial charge in [-0.3, -0.25) is 10.1 Å². The fourth-order valence-electron chi connectivity index (χ4n) is 2.08. The molecule has 0 saturated carbocycles. The second-order valence-corrected chi connectivity index (χ2v) is 4.99. The number of halogens is 1. The lowest BCUT2D eigenvalue weighted by atomic mass is 10.1. The summed E-state index contributed by atoms with van der Waals surface area (Å²) in [7, 11) is 0. The first-order valence-electron chi connectivity index (χ1n) is 5.91. The number of hydrogen-bond acceptors (Lipinski definition) is 3. The molecular formula is C13H14ClN3O2. The van der Waals surface area contributed by atoms with Gasteiger partial charge in [0.1, 0.15) is 5.15 Å². The van der Waals surface area contributed by atoms with E-state index in [9.17, 15) is 10.1 Å². The number of nitrogens with zero attached hydrogens (tertiary/aromatic N) is 3. The largest absolute Gasteiger partial charge is 0.271 e. The molecule has 1 aromatic carbocycles. The molecule has 0 amide bonds. The molecule has 0 radical (unpaired) electrons. The third kappa shape index (κ3) is 2.46. The summed E-state index contributed by atoms with van der Waals surface area (Å²) in [5.74, 6) is 0.250. The Balaban J connectivity index is 2.57. The van der Waals surface area contributed by atoms with E-state index in [1.807, 2.05) is 20.8 Å². The van der Waals surface area contributed by atoms with Crippen LogP contribution in [0.15, 0.2) is 24.3 Å². The van der Waals surface area contributed by atoms with Crippen LogP contribution in [0.2, 0.25) is 5.15 Å². The van der Waals surface area contributed by atoms with E-state index in [2.05, 4.69) is 5.10 Å². The van der Waals surface area contributed by atoms with Crippen LogP contribution in [-0.4, -0.2) is 14.7 Å². The van der Waals surface area contributed by atoms with E-state index in [1.54, 1.807) is 16.8 Å². The topological polar surface area (TPSA) is 61.0 Å². The lowest BCUT2D eigenvalue weighted by Crippen LogP contribution is -1.98. The Kier molecular flexibility index (Phi) is 3.57. The van der Waals surface area contributed by atoms with Gasteiger partial charge >= 0.3 is 0 Å². The van der Waals surface area contributed by atoms with Crippen LogP contribution in [0, 0.1) is 17.0 Å². The maximum atomic E-state index is 10.8. The molecule has 0 aliphatic rings. The fourth-order valence-corrected chi connectivity index (χ4v) is 2.57. The SMILES string of the molecule is Cc1nn(-c2cccc([N+](=O)[O-])c2)c(Cl)c1C(C)C. The molecule has 5 nitrogen and oxygen atoms in total.